The van der Waals surface area contributed by atoms with Crippen molar-refractivity contribution in [1.29, 1.82) is 0 Å². The zero-order valence-electron chi connectivity index (χ0n) is 8.58. The van der Waals surface area contributed by atoms with Crippen molar-refractivity contribution in [3.63, 3.8) is 0 Å². The monoisotopic (exact) mass is 220 g/mol. The van der Waals surface area contributed by atoms with Crippen molar-refractivity contribution >= 4 is 17.5 Å². The molecular weight excluding hydrogens is 211 g/mol. The van der Waals surface area contributed by atoms with Gasteiger partial charge in [0.2, 0.25) is 0 Å². The fraction of sp³-hybridized carbons (Fsp3) is 0.182. The number of rotatable bonds is 1. The van der Waals surface area contributed by atoms with Crippen LogP contribution in [0.1, 0.15) is 5.56 Å². The molecule has 1 amide bonds. The molecule has 0 saturated heterocycles. The van der Waals surface area contributed by atoms with E-state index in [1.165, 1.54) is 11.0 Å². The third kappa shape index (κ3) is 1.54. The number of terminal acetylenes is 1. The zero-order valence-corrected chi connectivity index (χ0v) is 8.58. The zero-order chi connectivity index (χ0) is 11.7. The number of nitrogens with zero attached hydrogens (tertiary/aromatic N) is 1. The van der Waals surface area contributed by atoms with Gasteiger partial charge >= 0.3 is 6.09 Å². The van der Waals surface area contributed by atoms with Crippen LogP contribution in [0.4, 0.5) is 20.6 Å². The fourth-order valence-electron chi connectivity index (χ4n) is 1.46. The number of nitrogens with one attached hydrogen (secondary N) is 1. The van der Waals surface area contributed by atoms with Crippen LogP contribution in [0.5, 0.6) is 0 Å². The maximum Gasteiger partial charge on any atom is 0.439 e. The third-order valence-electron chi connectivity index (χ3n) is 2.29. The Bertz CT molecular complexity index is 493. The van der Waals surface area contributed by atoms with Crippen molar-refractivity contribution in [2.75, 3.05) is 16.9 Å². The summed E-state index contributed by atoms with van der Waals surface area (Å²) in [6.45, 7) is 1.70. The number of amides is 1. The maximum atomic E-state index is 13.3. The quantitative estimate of drug-likeness (QED) is 0.736. The van der Waals surface area contributed by atoms with Gasteiger partial charge < -0.3 is 4.84 Å². The number of anilines is 2. The van der Waals surface area contributed by atoms with E-state index in [0.717, 1.165) is 0 Å². The minimum absolute atomic E-state index is 0.0819. The van der Waals surface area contributed by atoms with E-state index in [1.807, 2.05) is 0 Å². The van der Waals surface area contributed by atoms with Crippen LogP contribution in [-0.2, 0) is 4.84 Å². The summed E-state index contributed by atoms with van der Waals surface area (Å²) in [6.07, 6.45) is 4.55. The van der Waals surface area contributed by atoms with Gasteiger partial charge in [-0.15, -0.1) is 6.42 Å². The summed E-state index contributed by atoms with van der Waals surface area (Å²) in [4.78, 5) is 17.3. The Labute approximate surface area is 92.0 Å². The van der Waals surface area contributed by atoms with Crippen LogP contribution in [0.15, 0.2) is 12.1 Å². The number of benzene rings is 1. The second-order valence-corrected chi connectivity index (χ2v) is 3.38. The average molecular weight is 220 g/mol. The molecule has 4 nitrogen and oxygen atoms in total. The fourth-order valence-corrected chi connectivity index (χ4v) is 1.46. The highest BCUT2D eigenvalue weighted by Gasteiger charge is 2.26. The lowest BCUT2D eigenvalue weighted by Crippen LogP contribution is -2.37. The maximum absolute atomic E-state index is 13.3. The Morgan fingerprint density at radius 3 is 3.06 bits per heavy atom. The van der Waals surface area contributed by atoms with E-state index in [2.05, 4.69) is 16.2 Å². The lowest BCUT2D eigenvalue weighted by Gasteiger charge is -2.27. The van der Waals surface area contributed by atoms with Gasteiger partial charge in [0.25, 0.3) is 0 Å². The van der Waals surface area contributed by atoms with E-state index >= 15 is 0 Å². The van der Waals surface area contributed by atoms with Gasteiger partial charge in [0.15, 0.2) is 0 Å². The molecule has 1 heterocycles. The highest BCUT2D eigenvalue weighted by atomic mass is 19.1. The first-order valence-electron chi connectivity index (χ1n) is 4.61. The molecule has 0 radical (unpaired) electrons. The van der Waals surface area contributed by atoms with Gasteiger partial charge in [-0.3, -0.25) is 4.90 Å². The second-order valence-electron chi connectivity index (χ2n) is 3.38. The molecule has 1 aromatic rings. The molecule has 2 rings (SSSR count). The van der Waals surface area contributed by atoms with Gasteiger partial charge in [-0.1, -0.05) is 5.92 Å². The summed E-state index contributed by atoms with van der Waals surface area (Å²) < 4.78 is 13.3. The van der Waals surface area contributed by atoms with Crippen LogP contribution >= 0.6 is 0 Å². The van der Waals surface area contributed by atoms with Crippen molar-refractivity contribution in [1.82, 2.24) is 0 Å². The summed E-state index contributed by atoms with van der Waals surface area (Å²) >= 11 is 0. The lowest BCUT2D eigenvalue weighted by atomic mass is 10.1. The number of hydrogen-bond acceptors (Lipinski definition) is 3. The molecule has 0 unspecified atom stereocenters. The largest absolute Gasteiger partial charge is 0.439 e. The van der Waals surface area contributed by atoms with Crippen LogP contribution < -0.4 is 10.4 Å². The van der Waals surface area contributed by atoms with E-state index in [0.29, 0.717) is 16.9 Å². The highest BCUT2D eigenvalue weighted by molar-refractivity contribution is 5.95. The normalized spacial score (nSPS) is 13.6. The predicted molar refractivity (Wildman–Crippen MR) is 57.4 cm³/mol. The molecule has 0 saturated carbocycles. The molecule has 0 fully saturated rings. The number of aryl methyl sites for hydroxylation is 1. The Morgan fingerprint density at radius 1 is 1.62 bits per heavy atom. The van der Waals surface area contributed by atoms with Crippen molar-refractivity contribution in [2.24, 2.45) is 0 Å². The molecule has 1 aliphatic heterocycles. The SMILES string of the molecule is C#CCN1C(=O)ONc2cc(F)c(C)cc21. The van der Waals surface area contributed by atoms with Crippen molar-refractivity contribution in [3.8, 4) is 12.3 Å². The smallest absolute Gasteiger partial charge is 0.324 e. The van der Waals surface area contributed by atoms with Gasteiger partial charge in [-0.25, -0.2) is 14.7 Å². The lowest BCUT2D eigenvalue weighted by molar-refractivity contribution is 0.175. The second kappa shape index (κ2) is 3.74. The van der Waals surface area contributed by atoms with Crippen LogP contribution in [0.2, 0.25) is 0 Å². The molecule has 1 aliphatic rings. The molecule has 1 N–H and O–H groups in total. The van der Waals surface area contributed by atoms with E-state index in [4.69, 9.17) is 6.42 Å². The van der Waals surface area contributed by atoms with E-state index in [9.17, 15) is 9.18 Å². The number of carbonyl (C=O) groups excluding carboxylic acids is 1. The molecule has 82 valence electrons. The van der Waals surface area contributed by atoms with Crippen molar-refractivity contribution < 1.29 is 14.0 Å². The first-order valence-corrected chi connectivity index (χ1v) is 4.61. The topological polar surface area (TPSA) is 41.6 Å². The molecule has 5 heteroatoms. The van der Waals surface area contributed by atoms with Gasteiger partial charge in [-0.2, -0.15) is 0 Å². The molecule has 0 spiro atoms. The van der Waals surface area contributed by atoms with Gasteiger partial charge in [-0.05, 0) is 18.6 Å². The van der Waals surface area contributed by atoms with E-state index in [1.54, 1.807) is 13.0 Å². The molecule has 0 aromatic heterocycles. The van der Waals surface area contributed by atoms with E-state index < -0.39 is 6.09 Å². The first kappa shape index (κ1) is 10.3. The standard InChI is InChI=1S/C11H9FN2O2/c1-3-4-14-10-5-7(2)8(12)6-9(10)13-16-11(14)15/h1,5-6,13H,4H2,2H3. The molecule has 0 bridgehead atoms. The Morgan fingerprint density at radius 2 is 2.38 bits per heavy atom. The summed E-state index contributed by atoms with van der Waals surface area (Å²) in [5, 5.41) is 0. The third-order valence-corrected chi connectivity index (χ3v) is 2.29. The Hall–Kier alpha value is -2.22. The van der Waals surface area contributed by atoms with E-state index in [-0.39, 0.29) is 12.4 Å². The summed E-state index contributed by atoms with van der Waals surface area (Å²) in [6, 6.07) is 2.82. The van der Waals surface area contributed by atoms with Crippen LogP contribution in [0, 0.1) is 25.1 Å². The number of carbonyl (C=O) groups is 1. The van der Waals surface area contributed by atoms with Gasteiger partial charge in [0.05, 0.1) is 17.9 Å². The Kier molecular flexibility index (Phi) is 2.41. The summed E-state index contributed by atoms with van der Waals surface area (Å²) in [5.41, 5.74) is 3.72. The molecule has 0 aliphatic carbocycles. The van der Waals surface area contributed by atoms with Crippen molar-refractivity contribution in [3.05, 3.63) is 23.5 Å². The van der Waals surface area contributed by atoms with Crippen LogP contribution in [0.25, 0.3) is 0 Å². The average Bonchev–Trinajstić information content (AvgIpc) is 2.25. The minimum atomic E-state index is -0.601. The first-order chi connectivity index (χ1) is 7.63. The van der Waals surface area contributed by atoms with Crippen molar-refractivity contribution in [2.45, 2.75) is 6.92 Å². The minimum Gasteiger partial charge on any atom is -0.324 e. The summed E-state index contributed by atoms with van der Waals surface area (Å²) in [5.74, 6) is 1.98. The molecular formula is C11H9FN2O2. The predicted octanol–water partition coefficient (Wildman–Crippen LogP) is 2.05. The van der Waals surface area contributed by atoms with Crippen LogP contribution in [-0.4, -0.2) is 12.6 Å². The molecule has 1 aromatic carbocycles. The van der Waals surface area contributed by atoms with Crippen LogP contribution in [0.3, 0.4) is 0 Å². The van der Waals surface area contributed by atoms with Gasteiger partial charge in [0, 0.05) is 6.07 Å². The number of hydrogen-bond donors (Lipinski definition) is 1. The number of halogens is 1. The summed E-state index contributed by atoms with van der Waals surface area (Å²) in [7, 11) is 0. The molecule has 0 atom stereocenters. The number of fused-ring (bicyclic) bond motifs is 1. The Balaban J connectivity index is 2.51. The highest BCUT2D eigenvalue weighted by Crippen LogP contribution is 2.32. The molecule has 16 heavy (non-hydrogen) atoms. The van der Waals surface area contributed by atoms with Gasteiger partial charge in [0.1, 0.15) is 5.82 Å².